The lowest BCUT2D eigenvalue weighted by Crippen LogP contribution is -2.12. The van der Waals surface area contributed by atoms with Gasteiger partial charge >= 0.3 is 0 Å². The van der Waals surface area contributed by atoms with Crippen molar-refractivity contribution in [2.24, 2.45) is 5.41 Å². The van der Waals surface area contributed by atoms with Crippen LogP contribution in [-0.2, 0) is 6.42 Å². The molecule has 1 aliphatic rings. The number of aryl methyl sites for hydroxylation is 1. The van der Waals surface area contributed by atoms with Crippen LogP contribution in [0.15, 0.2) is 18.2 Å². The zero-order valence-electron chi connectivity index (χ0n) is 12.8. The molecule has 1 aromatic carbocycles. The van der Waals surface area contributed by atoms with Crippen LogP contribution in [0.3, 0.4) is 0 Å². The zero-order valence-corrected chi connectivity index (χ0v) is 12.8. The number of rotatable bonds is 3. The maximum atomic E-state index is 5.90. The molecule has 0 spiro atoms. The molecule has 3 nitrogen and oxygen atoms in total. The third-order valence-electron chi connectivity index (χ3n) is 4.57. The predicted molar refractivity (Wildman–Crippen MR) is 84.8 cm³/mol. The van der Waals surface area contributed by atoms with Crippen molar-refractivity contribution in [3.63, 3.8) is 0 Å². The highest BCUT2D eigenvalue weighted by atomic mass is 15.1. The Morgan fingerprint density at radius 1 is 1.40 bits per heavy atom. The minimum atomic E-state index is 0.457. The van der Waals surface area contributed by atoms with Crippen molar-refractivity contribution in [1.29, 1.82) is 0 Å². The van der Waals surface area contributed by atoms with Crippen molar-refractivity contribution in [3.8, 4) is 0 Å². The highest BCUT2D eigenvalue weighted by Gasteiger charge is 2.33. The molecule has 1 atom stereocenters. The largest absolute Gasteiger partial charge is 0.399 e. The summed E-state index contributed by atoms with van der Waals surface area (Å²) in [5.41, 5.74) is 9.47. The van der Waals surface area contributed by atoms with E-state index in [0.29, 0.717) is 11.5 Å². The van der Waals surface area contributed by atoms with Gasteiger partial charge < -0.3 is 10.3 Å². The van der Waals surface area contributed by atoms with Gasteiger partial charge in [0, 0.05) is 18.2 Å². The second kappa shape index (κ2) is 4.80. The molecular formula is C17H25N3. The number of aromatic nitrogens is 2. The van der Waals surface area contributed by atoms with E-state index in [2.05, 4.69) is 31.4 Å². The van der Waals surface area contributed by atoms with Gasteiger partial charge in [-0.05, 0) is 49.3 Å². The summed E-state index contributed by atoms with van der Waals surface area (Å²) >= 11 is 0. The summed E-state index contributed by atoms with van der Waals surface area (Å²) < 4.78 is 2.49. The zero-order chi connectivity index (χ0) is 14.3. The fourth-order valence-corrected chi connectivity index (χ4v) is 3.59. The molecule has 2 N–H and O–H groups in total. The summed E-state index contributed by atoms with van der Waals surface area (Å²) in [6.07, 6.45) is 6.00. The summed E-state index contributed by atoms with van der Waals surface area (Å²) in [6, 6.07) is 6.74. The molecule has 0 aliphatic heterocycles. The number of anilines is 1. The lowest BCUT2D eigenvalue weighted by Gasteiger charge is -2.20. The number of fused-ring (bicyclic) bond motifs is 1. The Kier molecular flexibility index (Phi) is 3.23. The summed E-state index contributed by atoms with van der Waals surface area (Å²) in [7, 11) is 0. The molecule has 0 amide bonds. The van der Waals surface area contributed by atoms with Crippen LogP contribution < -0.4 is 5.73 Å². The molecule has 0 saturated heterocycles. The molecule has 1 aliphatic carbocycles. The molecule has 1 heterocycles. The van der Waals surface area contributed by atoms with Crippen molar-refractivity contribution in [2.45, 2.75) is 58.9 Å². The van der Waals surface area contributed by atoms with Crippen LogP contribution in [0.1, 0.15) is 58.3 Å². The first-order valence-corrected chi connectivity index (χ1v) is 7.76. The molecule has 20 heavy (non-hydrogen) atoms. The van der Waals surface area contributed by atoms with Crippen LogP contribution in [0, 0.1) is 5.41 Å². The highest BCUT2D eigenvalue weighted by molar-refractivity contribution is 5.79. The molecule has 1 unspecified atom stereocenters. The maximum absolute atomic E-state index is 5.90. The van der Waals surface area contributed by atoms with E-state index >= 15 is 0 Å². The maximum Gasteiger partial charge on any atom is 0.110 e. The Bertz CT molecular complexity index is 624. The standard InChI is InChI=1S/C17H25N3/c1-4-5-16-19-14-10-12(18)6-7-15(14)20(16)13-8-9-17(2,3)11-13/h6-7,10,13H,4-5,8-9,11,18H2,1-3H3. The third kappa shape index (κ3) is 2.30. The average molecular weight is 271 g/mol. The molecular weight excluding hydrogens is 246 g/mol. The summed E-state index contributed by atoms with van der Waals surface area (Å²) in [5, 5.41) is 0. The predicted octanol–water partition coefficient (Wildman–Crippen LogP) is 4.32. The van der Waals surface area contributed by atoms with E-state index in [9.17, 15) is 0 Å². The molecule has 0 radical (unpaired) electrons. The van der Waals surface area contributed by atoms with E-state index in [-0.39, 0.29) is 0 Å². The number of benzene rings is 1. The Morgan fingerprint density at radius 3 is 2.85 bits per heavy atom. The number of nitrogens with zero attached hydrogens (tertiary/aromatic N) is 2. The molecule has 3 heteroatoms. The van der Waals surface area contributed by atoms with Crippen LogP contribution >= 0.6 is 0 Å². The van der Waals surface area contributed by atoms with Crippen LogP contribution in [0.25, 0.3) is 11.0 Å². The quantitative estimate of drug-likeness (QED) is 0.845. The lowest BCUT2D eigenvalue weighted by molar-refractivity contribution is 0.358. The smallest absolute Gasteiger partial charge is 0.110 e. The van der Waals surface area contributed by atoms with Gasteiger partial charge in [-0.25, -0.2) is 4.98 Å². The number of hydrogen-bond acceptors (Lipinski definition) is 2. The van der Waals surface area contributed by atoms with Crippen molar-refractivity contribution in [2.75, 3.05) is 5.73 Å². The Balaban J connectivity index is 2.09. The van der Waals surface area contributed by atoms with E-state index < -0.39 is 0 Å². The third-order valence-corrected chi connectivity index (χ3v) is 4.57. The van der Waals surface area contributed by atoms with E-state index in [1.165, 1.54) is 30.6 Å². The Labute approximate surface area is 121 Å². The second-order valence-electron chi connectivity index (χ2n) is 6.96. The van der Waals surface area contributed by atoms with Crippen LogP contribution in [0.2, 0.25) is 0 Å². The van der Waals surface area contributed by atoms with Crippen LogP contribution in [0.5, 0.6) is 0 Å². The Hall–Kier alpha value is -1.51. The SMILES string of the molecule is CCCc1nc2cc(N)ccc2n1C1CCC(C)(C)C1. The molecule has 1 aromatic heterocycles. The molecule has 2 aromatic rings. The Morgan fingerprint density at radius 2 is 2.20 bits per heavy atom. The van der Waals surface area contributed by atoms with Crippen molar-refractivity contribution >= 4 is 16.7 Å². The minimum Gasteiger partial charge on any atom is -0.399 e. The van der Waals surface area contributed by atoms with Gasteiger partial charge in [-0.2, -0.15) is 0 Å². The molecule has 0 bridgehead atoms. The number of hydrogen-bond donors (Lipinski definition) is 1. The van der Waals surface area contributed by atoms with E-state index in [4.69, 9.17) is 10.7 Å². The number of nitrogen functional groups attached to an aromatic ring is 1. The van der Waals surface area contributed by atoms with Crippen LogP contribution in [0.4, 0.5) is 5.69 Å². The summed E-state index contributed by atoms with van der Waals surface area (Å²) in [6.45, 7) is 6.98. The van der Waals surface area contributed by atoms with E-state index in [1.807, 2.05) is 12.1 Å². The molecule has 1 fully saturated rings. The monoisotopic (exact) mass is 271 g/mol. The number of imidazole rings is 1. The van der Waals surface area contributed by atoms with E-state index in [1.54, 1.807) is 0 Å². The van der Waals surface area contributed by atoms with Gasteiger partial charge in [0.05, 0.1) is 11.0 Å². The van der Waals surface area contributed by atoms with Crippen molar-refractivity contribution in [1.82, 2.24) is 9.55 Å². The van der Waals surface area contributed by atoms with Gasteiger partial charge in [0.2, 0.25) is 0 Å². The van der Waals surface area contributed by atoms with Crippen molar-refractivity contribution in [3.05, 3.63) is 24.0 Å². The average Bonchev–Trinajstić information content (AvgIpc) is 2.89. The number of nitrogens with two attached hydrogens (primary N) is 1. The van der Waals surface area contributed by atoms with Crippen LogP contribution in [-0.4, -0.2) is 9.55 Å². The fraction of sp³-hybridized carbons (Fsp3) is 0.588. The van der Waals surface area contributed by atoms with Gasteiger partial charge in [0.1, 0.15) is 5.82 Å². The molecule has 1 saturated carbocycles. The van der Waals surface area contributed by atoms with Gasteiger partial charge in [0.25, 0.3) is 0 Å². The van der Waals surface area contributed by atoms with Crippen molar-refractivity contribution < 1.29 is 0 Å². The first kappa shape index (κ1) is 13.5. The van der Waals surface area contributed by atoms with Gasteiger partial charge in [-0.15, -0.1) is 0 Å². The van der Waals surface area contributed by atoms with Gasteiger partial charge in [-0.1, -0.05) is 20.8 Å². The normalized spacial score (nSPS) is 21.6. The summed E-state index contributed by atoms with van der Waals surface area (Å²) in [4.78, 5) is 4.84. The second-order valence-corrected chi connectivity index (χ2v) is 6.96. The van der Waals surface area contributed by atoms with Gasteiger partial charge in [0.15, 0.2) is 0 Å². The highest BCUT2D eigenvalue weighted by Crippen LogP contribution is 2.45. The van der Waals surface area contributed by atoms with Gasteiger partial charge in [-0.3, -0.25) is 0 Å². The first-order chi connectivity index (χ1) is 9.50. The fourth-order valence-electron chi connectivity index (χ4n) is 3.59. The first-order valence-electron chi connectivity index (χ1n) is 7.76. The molecule has 3 rings (SSSR count). The minimum absolute atomic E-state index is 0.457. The topological polar surface area (TPSA) is 43.8 Å². The molecule has 108 valence electrons. The van der Waals surface area contributed by atoms with E-state index in [0.717, 1.165) is 24.0 Å². The lowest BCUT2D eigenvalue weighted by atomic mass is 9.92. The summed E-state index contributed by atoms with van der Waals surface area (Å²) in [5.74, 6) is 1.23.